The van der Waals surface area contributed by atoms with E-state index in [2.05, 4.69) is 52.9 Å². The Hall–Kier alpha value is -2.56. The van der Waals surface area contributed by atoms with E-state index in [9.17, 15) is 9.18 Å². The van der Waals surface area contributed by atoms with E-state index in [1.54, 1.807) is 36.5 Å². The van der Waals surface area contributed by atoms with Gasteiger partial charge in [0.05, 0.1) is 28.2 Å². The smallest absolute Gasteiger partial charge is 0.282 e. The molecule has 0 N–H and O–H groups in total. The molecule has 0 spiro atoms. The van der Waals surface area contributed by atoms with Crippen LogP contribution in [0.25, 0.3) is 10.9 Å². The van der Waals surface area contributed by atoms with Crippen LogP contribution in [0.5, 0.6) is 11.5 Å². The molecule has 0 unspecified atom stereocenters. The second-order valence-corrected chi connectivity index (χ2v) is 12.1. The summed E-state index contributed by atoms with van der Waals surface area (Å²) in [6, 6.07) is 13.8. The number of aromatic nitrogens is 2. The SMILES string of the molecule is CCOc1cc(C=Nn2c(C3CCCCC3)nc3ccc(Br)cc3c2=O)c(Br)c(Br)c1OCc1ccccc1F. The van der Waals surface area contributed by atoms with E-state index in [4.69, 9.17) is 14.5 Å². The molecule has 0 bridgehead atoms. The van der Waals surface area contributed by atoms with Gasteiger partial charge in [-0.3, -0.25) is 4.79 Å². The number of rotatable bonds is 8. The molecule has 3 aromatic carbocycles. The number of nitrogens with zero attached hydrogens (tertiary/aromatic N) is 3. The highest BCUT2D eigenvalue weighted by atomic mass is 79.9. The lowest BCUT2D eigenvalue weighted by Crippen LogP contribution is -2.25. The van der Waals surface area contributed by atoms with Gasteiger partial charge in [0.25, 0.3) is 5.56 Å². The summed E-state index contributed by atoms with van der Waals surface area (Å²) in [4.78, 5) is 18.6. The lowest BCUT2D eigenvalue weighted by Gasteiger charge is -2.23. The van der Waals surface area contributed by atoms with Gasteiger partial charge in [0, 0.05) is 26.0 Å². The molecular formula is C30H27Br3FN3O3. The molecule has 6 nitrogen and oxygen atoms in total. The van der Waals surface area contributed by atoms with Crippen LogP contribution in [0.3, 0.4) is 0 Å². The normalized spacial score (nSPS) is 14.2. The standard InChI is InChI=1S/C30H27Br3FN3O3/c1-2-39-25-14-20(26(32)27(33)28(25)40-17-19-10-6-7-11-23(19)34)16-35-37-29(18-8-4-3-5-9-18)36-24-13-12-21(31)15-22(24)30(37)38/h6-7,10-16,18H,2-5,8-9,17H2,1H3. The maximum absolute atomic E-state index is 14.2. The van der Waals surface area contributed by atoms with Crippen LogP contribution >= 0.6 is 47.8 Å². The zero-order chi connectivity index (χ0) is 28.2. The molecule has 0 atom stereocenters. The predicted octanol–water partition coefficient (Wildman–Crippen LogP) is 8.73. The minimum Gasteiger partial charge on any atom is -0.490 e. The molecule has 0 radical (unpaired) electrons. The molecule has 0 saturated heterocycles. The summed E-state index contributed by atoms with van der Waals surface area (Å²) < 4.78 is 29.6. The highest BCUT2D eigenvalue weighted by molar-refractivity contribution is 9.13. The first-order chi connectivity index (χ1) is 19.4. The summed E-state index contributed by atoms with van der Waals surface area (Å²) in [6.45, 7) is 2.30. The van der Waals surface area contributed by atoms with Gasteiger partial charge in [-0.05, 0) is 82.0 Å². The molecule has 5 rings (SSSR count). The largest absolute Gasteiger partial charge is 0.490 e. The van der Waals surface area contributed by atoms with Gasteiger partial charge >= 0.3 is 0 Å². The predicted molar refractivity (Wildman–Crippen MR) is 166 cm³/mol. The van der Waals surface area contributed by atoms with Crippen LogP contribution in [0.4, 0.5) is 4.39 Å². The van der Waals surface area contributed by atoms with Gasteiger partial charge in [0.1, 0.15) is 18.2 Å². The third-order valence-corrected chi connectivity index (χ3v) is 9.54. The highest BCUT2D eigenvalue weighted by Crippen LogP contribution is 2.43. The lowest BCUT2D eigenvalue weighted by atomic mass is 9.88. The van der Waals surface area contributed by atoms with Crippen molar-refractivity contribution in [2.24, 2.45) is 5.10 Å². The van der Waals surface area contributed by atoms with E-state index in [1.807, 2.05) is 19.1 Å². The van der Waals surface area contributed by atoms with E-state index in [1.165, 1.54) is 17.2 Å². The molecule has 1 heterocycles. The van der Waals surface area contributed by atoms with E-state index >= 15 is 0 Å². The molecule has 10 heteroatoms. The molecule has 40 heavy (non-hydrogen) atoms. The maximum Gasteiger partial charge on any atom is 0.282 e. The van der Waals surface area contributed by atoms with Crippen LogP contribution in [0.1, 0.15) is 61.9 Å². The molecule has 0 amide bonds. The van der Waals surface area contributed by atoms with Crippen LogP contribution in [-0.2, 0) is 6.61 Å². The van der Waals surface area contributed by atoms with Crippen LogP contribution in [0.15, 0.2) is 71.8 Å². The Morgan fingerprint density at radius 2 is 1.82 bits per heavy atom. The van der Waals surface area contributed by atoms with E-state index in [-0.39, 0.29) is 23.9 Å². The number of benzene rings is 3. The van der Waals surface area contributed by atoms with Crippen LogP contribution in [0.2, 0.25) is 0 Å². The van der Waals surface area contributed by atoms with Gasteiger partial charge in [-0.2, -0.15) is 9.78 Å². The van der Waals surface area contributed by atoms with Crippen molar-refractivity contribution in [3.63, 3.8) is 0 Å². The van der Waals surface area contributed by atoms with Gasteiger partial charge in [0.15, 0.2) is 11.5 Å². The van der Waals surface area contributed by atoms with Crippen molar-refractivity contribution in [2.75, 3.05) is 6.61 Å². The first-order valence-corrected chi connectivity index (χ1v) is 15.5. The highest BCUT2D eigenvalue weighted by Gasteiger charge is 2.23. The van der Waals surface area contributed by atoms with Crippen LogP contribution in [0, 0.1) is 5.82 Å². The van der Waals surface area contributed by atoms with E-state index in [0.29, 0.717) is 54.9 Å². The van der Waals surface area contributed by atoms with Crippen molar-refractivity contribution in [1.29, 1.82) is 0 Å². The number of hydrogen-bond donors (Lipinski definition) is 0. The summed E-state index contributed by atoms with van der Waals surface area (Å²) in [5.74, 6) is 1.41. The van der Waals surface area contributed by atoms with Gasteiger partial charge in [-0.25, -0.2) is 9.37 Å². The molecular weight excluding hydrogens is 709 g/mol. The average Bonchev–Trinajstić information content (AvgIpc) is 2.96. The Kier molecular flexibility index (Phi) is 9.38. The summed E-state index contributed by atoms with van der Waals surface area (Å²) in [5, 5.41) is 5.17. The van der Waals surface area contributed by atoms with Crippen molar-refractivity contribution >= 4 is 64.9 Å². The molecule has 1 aliphatic carbocycles. The summed E-state index contributed by atoms with van der Waals surface area (Å²) in [6.07, 6.45) is 6.97. The third-order valence-electron chi connectivity index (χ3n) is 6.90. The van der Waals surface area contributed by atoms with Crippen LogP contribution < -0.4 is 15.0 Å². The van der Waals surface area contributed by atoms with Crippen molar-refractivity contribution in [1.82, 2.24) is 9.66 Å². The fourth-order valence-electron chi connectivity index (χ4n) is 4.88. The second-order valence-electron chi connectivity index (χ2n) is 9.56. The monoisotopic (exact) mass is 733 g/mol. The number of hydrogen-bond acceptors (Lipinski definition) is 5. The Morgan fingerprint density at radius 1 is 1.05 bits per heavy atom. The maximum atomic E-state index is 14.2. The third kappa shape index (κ3) is 6.19. The van der Waals surface area contributed by atoms with Gasteiger partial charge in [-0.15, -0.1) is 0 Å². The fraction of sp³-hybridized carbons (Fsp3) is 0.300. The second kappa shape index (κ2) is 13.0. The van der Waals surface area contributed by atoms with Crippen molar-refractivity contribution in [3.05, 3.63) is 95.1 Å². The van der Waals surface area contributed by atoms with Crippen LogP contribution in [-0.4, -0.2) is 22.5 Å². The molecule has 1 aromatic heterocycles. The molecule has 208 valence electrons. The molecule has 1 fully saturated rings. The topological polar surface area (TPSA) is 65.7 Å². The van der Waals surface area contributed by atoms with Gasteiger partial charge in [0.2, 0.25) is 0 Å². The van der Waals surface area contributed by atoms with Crippen molar-refractivity contribution < 1.29 is 13.9 Å². The molecule has 1 aliphatic rings. The van der Waals surface area contributed by atoms with E-state index < -0.39 is 0 Å². The zero-order valence-corrected chi connectivity index (χ0v) is 26.6. The Bertz CT molecular complexity index is 1630. The van der Waals surface area contributed by atoms with Crippen molar-refractivity contribution in [2.45, 2.75) is 51.6 Å². The number of halogens is 4. The first-order valence-electron chi connectivity index (χ1n) is 13.1. The minimum absolute atomic E-state index is 0.0314. The quantitative estimate of drug-likeness (QED) is 0.170. The number of ether oxygens (including phenoxy) is 2. The lowest BCUT2D eigenvalue weighted by molar-refractivity contribution is 0.264. The summed E-state index contributed by atoms with van der Waals surface area (Å²) in [5.41, 5.74) is 1.56. The van der Waals surface area contributed by atoms with E-state index in [0.717, 1.165) is 30.2 Å². The molecule has 4 aromatic rings. The van der Waals surface area contributed by atoms with Crippen molar-refractivity contribution in [3.8, 4) is 11.5 Å². The summed E-state index contributed by atoms with van der Waals surface area (Å²) >= 11 is 10.7. The molecule has 0 aliphatic heterocycles. The first kappa shape index (κ1) is 29.0. The minimum atomic E-state index is -0.338. The molecule has 1 saturated carbocycles. The van der Waals surface area contributed by atoms with Gasteiger partial charge in [-0.1, -0.05) is 53.4 Å². The number of fused-ring (bicyclic) bond motifs is 1. The summed E-state index contributed by atoms with van der Waals surface area (Å²) in [7, 11) is 0. The Labute approximate surface area is 257 Å². The average molecular weight is 736 g/mol. The fourth-order valence-corrected chi connectivity index (χ4v) is 6.18. The Balaban J connectivity index is 1.55. The Morgan fingerprint density at radius 3 is 2.58 bits per heavy atom. The van der Waals surface area contributed by atoms with Gasteiger partial charge < -0.3 is 9.47 Å². The zero-order valence-electron chi connectivity index (χ0n) is 21.8.